The van der Waals surface area contributed by atoms with Crippen LogP contribution in [0, 0.1) is 0 Å². The molecule has 0 fully saturated rings. The molecule has 0 spiro atoms. The second-order valence-corrected chi connectivity index (χ2v) is 5.34. The quantitative estimate of drug-likeness (QED) is 0.383. The number of nitrogens with zero attached hydrogens (tertiary/aromatic N) is 1. The Morgan fingerprint density at radius 1 is 1.25 bits per heavy atom. The molecular weight excluding hydrogens is 226 g/mol. The molecule has 0 aromatic rings. The molecule has 1 N–H and O–H groups in total. The van der Waals surface area contributed by atoms with Gasteiger partial charge in [0.15, 0.2) is 0 Å². The summed E-state index contributed by atoms with van der Waals surface area (Å²) in [4.78, 5) is 2.11. The summed E-state index contributed by atoms with van der Waals surface area (Å²) in [5.74, 6) is -0.142. The molecule has 0 aromatic heterocycles. The molecule has 0 saturated carbocycles. The van der Waals surface area contributed by atoms with Gasteiger partial charge in [0.05, 0.1) is 5.75 Å². The van der Waals surface area contributed by atoms with E-state index in [4.69, 9.17) is 4.55 Å². The Bertz CT molecular complexity index is 309. The lowest BCUT2D eigenvalue weighted by Gasteiger charge is -2.09. The van der Waals surface area contributed by atoms with Crippen molar-refractivity contribution >= 4 is 10.1 Å². The number of likely N-dealkylation sites (N-methyl/N-ethyl adjacent to an activating group) is 1. The average molecular weight is 247 g/mol. The third-order valence-electron chi connectivity index (χ3n) is 2.05. The van der Waals surface area contributed by atoms with E-state index in [1.807, 2.05) is 19.2 Å². The molecule has 0 aliphatic carbocycles. The van der Waals surface area contributed by atoms with Gasteiger partial charge in [-0.25, -0.2) is 0 Å². The minimum Gasteiger partial charge on any atom is -0.299 e. The SMILES string of the molecule is C=CCN(C)CC=CCCCCS(=O)(=O)O. The normalized spacial score (nSPS) is 12.4. The molecule has 0 bridgehead atoms. The van der Waals surface area contributed by atoms with Crippen LogP contribution in [0.1, 0.15) is 19.3 Å². The fourth-order valence-electron chi connectivity index (χ4n) is 1.21. The molecule has 0 aromatic carbocycles. The smallest absolute Gasteiger partial charge is 0.264 e. The second kappa shape index (κ2) is 8.50. The molecule has 16 heavy (non-hydrogen) atoms. The van der Waals surface area contributed by atoms with Crippen molar-refractivity contribution in [3.63, 3.8) is 0 Å². The highest BCUT2D eigenvalue weighted by molar-refractivity contribution is 7.85. The highest BCUT2D eigenvalue weighted by Gasteiger charge is 2.01. The van der Waals surface area contributed by atoms with Crippen LogP contribution in [-0.4, -0.2) is 43.8 Å². The van der Waals surface area contributed by atoms with Crippen LogP contribution in [0.5, 0.6) is 0 Å². The Labute approximate surface area is 98.4 Å². The van der Waals surface area contributed by atoms with Gasteiger partial charge >= 0.3 is 0 Å². The van der Waals surface area contributed by atoms with Crippen LogP contribution in [-0.2, 0) is 10.1 Å². The molecule has 0 aliphatic rings. The molecule has 0 rings (SSSR count). The monoisotopic (exact) mass is 247 g/mol. The highest BCUT2D eigenvalue weighted by Crippen LogP contribution is 1.99. The maximum Gasteiger partial charge on any atom is 0.264 e. The second-order valence-electron chi connectivity index (χ2n) is 3.76. The third-order valence-corrected chi connectivity index (χ3v) is 2.85. The van der Waals surface area contributed by atoms with Crippen LogP contribution >= 0.6 is 0 Å². The van der Waals surface area contributed by atoms with E-state index in [1.54, 1.807) is 0 Å². The largest absolute Gasteiger partial charge is 0.299 e. The maximum absolute atomic E-state index is 10.4. The van der Waals surface area contributed by atoms with Crippen LogP contribution in [0.25, 0.3) is 0 Å². The van der Waals surface area contributed by atoms with Crippen molar-refractivity contribution in [1.29, 1.82) is 0 Å². The summed E-state index contributed by atoms with van der Waals surface area (Å²) in [6.45, 7) is 5.37. The lowest BCUT2D eigenvalue weighted by molar-refractivity contribution is 0.412. The number of unbranched alkanes of at least 4 members (excludes halogenated alkanes) is 2. The van der Waals surface area contributed by atoms with Gasteiger partial charge in [0.1, 0.15) is 0 Å². The minimum atomic E-state index is -3.78. The van der Waals surface area contributed by atoms with Gasteiger partial charge in [0, 0.05) is 13.1 Å². The molecule has 0 unspecified atom stereocenters. The van der Waals surface area contributed by atoms with E-state index in [-0.39, 0.29) is 5.75 Å². The summed E-state index contributed by atoms with van der Waals surface area (Å²) in [6, 6.07) is 0. The Hall–Kier alpha value is -0.650. The van der Waals surface area contributed by atoms with E-state index in [0.29, 0.717) is 6.42 Å². The fourth-order valence-corrected chi connectivity index (χ4v) is 1.78. The van der Waals surface area contributed by atoms with Gasteiger partial charge in [0.2, 0.25) is 0 Å². The lowest BCUT2D eigenvalue weighted by Crippen LogP contribution is -2.17. The Balaban J connectivity index is 3.45. The average Bonchev–Trinajstić information content (AvgIpc) is 2.15. The topological polar surface area (TPSA) is 57.6 Å². The lowest BCUT2D eigenvalue weighted by atomic mass is 10.2. The van der Waals surface area contributed by atoms with Crippen molar-refractivity contribution < 1.29 is 13.0 Å². The first kappa shape index (κ1) is 15.3. The molecule has 0 saturated heterocycles. The molecular formula is C11H21NO3S. The molecule has 5 heteroatoms. The third kappa shape index (κ3) is 11.4. The summed E-state index contributed by atoms with van der Waals surface area (Å²) in [5.41, 5.74) is 0. The van der Waals surface area contributed by atoms with Crippen molar-refractivity contribution in [1.82, 2.24) is 4.90 Å². The predicted molar refractivity (Wildman–Crippen MR) is 67.1 cm³/mol. The first-order valence-corrected chi connectivity index (χ1v) is 6.96. The summed E-state index contributed by atoms with van der Waals surface area (Å²) in [7, 11) is -1.78. The van der Waals surface area contributed by atoms with Crippen LogP contribution in [0.2, 0.25) is 0 Å². The Morgan fingerprint density at radius 3 is 2.50 bits per heavy atom. The van der Waals surface area contributed by atoms with Gasteiger partial charge < -0.3 is 0 Å². The fraction of sp³-hybridized carbons (Fsp3) is 0.636. The van der Waals surface area contributed by atoms with E-state index in [2.05, 4.69) is 17.6 Å². The van der Waals surface area contributed by atoms with Crippen molar-refractivity contribution in [2.45, 2.75) is 19.3 Å². The minimum absolute atomic E-state index is 0.142. The molecule has 0 aliphatic heterocycles. The molecule has 0 amide bonds. The van der Waals surface area contributed by atoms with Crippen molar-refractivity contribution in [3.8, 4) is 0 Å². The van der Waals surface area contributed by atoms with Gasteiger partial charge in [0.25, 0.3) is 10.1 Å². The zero-order chi connectivity index (χ0) is 12.4. The van der Waals surface area contributed by atoms with Crippen LogP contribution in [0.4, 0.5) is 0 Å². The first-order valence-electron chi connectivity index (χ1n) is 5.35. The van der Waals surface area contributed by atoms with Gasteiger partial charge in [-0.3, -0.25) is 9.45 Å². The number of hydrogen-bond donors (Lipinski definition) is 1. The highest BCUT2D eigenvalue weighted by atomic mass is 32.2. The van der Waals surface area contributed by atoms with E-state index in [1.165, 1.54) is 0 Å². The van der Waals surface area contributed by atoms with Gasteiger partial charge in [-0.2, -0.15) is 8.42 Å². The first-order chi connectivity index (χ1) is 7.45. The molecule has 0 radical (unpaired) electrons. The van der Waals surface area contributed by atoms with E-state index in [0.717, 1.165) is 25.9 Å². The molecule has 0 atom stereocenters. The van der Waals surface area contributed by atoms with Crippen molar-refractivity contribution in [3.05, 3.63) is 24.8 Å². The van der Waals surface area contributed by atoms with Crippen LogP contribution in [0.3, 0.4) is 0 Å². The van der Waals surface area contributed by atoms with Gasteiger partial charge in [-0.05, 0) is 26.3 Å². The summed E-state index contributed by atoms with van der Waals surface area (Å²) in [5, 5.41) is 0. The zero-order valence-corrected chi connectivity index (χ0v) is 10.6. The van der Waals surface area contributed by atoms with Crippen molar-refractivity contribution in [2.24, 2.45) is 0 Å². The van der Waals surface area contributed by atoms with E-state index < -0.39 is 10.1 Å². The molecule has 94 valence electrons. The van der Waals surface area contributed by atoms with Crippen LogP contribution < -0.4 is 0 Å². The predicted octanol–water partition coefficient (Wildman–Crippen LogP) is 1.72. The summed E-state index contributed by atoms with van der Waals surface area (Å²) >= 11 is 0. The zero-order valence-electron chi connectivity index (χ0n) is 9.80. The van der Waals surface area contributed by atoms with Crippen LogP contribution in [0.15, 0.2) is 24.8 Å². The Morgan fingerprint density at radius 2 is 1.94 bits per heavy atom. The number of hydrogen-bond acceptors (Lipinski definition) is 3. The Kier molecular flexibility index (Phi) is 8.15. The van der Waals surface area contributed by atoms with Gasteiger partial charge in [-0.1, -0.05) is 18.2 Å². The number of allylic oxidation sites excluding steroid dienone is 1. The van der Waals surface area contributed by atoms with E-state index >= 15 is 0 Å². The van der Waals surface area contributed by atoms with Gasteiger partial charge in [-0.15, -0.1) is 6.58 Å². The molecule has 0 heterocycles. The molecule has 4 nitrogen and oxygen atoms in total. The standard InChI is InChI=1S/C11H21NO3S/c1-3-9-12(2)10-7-5-4-6-8-11-16(13,14)15/h3,5,7H,1,4,6,8-11H2,2H3,(H,13,14,15). The van der Waals surface area contributed by atoms with Crippen molar-refractivity contribution in [2.75, 3.05) is 25.9 Å². The van der Waals surface area contributed by atoms with E-state index in [9.17, 15) is 8.42 Å². The summed E-state index contributed by atoms with van der Waals surface area (Å²) in [6.07, 6.45) is 8.06. The summed E-state index contributed by atoms with van der Waals surface area (Å²) < 4.78 is 29.3. The number of rotatable bonds is 9. The maximum atomic E-state index is 10.4.